The Bertz CT molecular complexity index is 229. The van der Waals surface area contributed by atoms with Crippen LogP contribution in [0.5, 0.6) is 0 Å². The SMILES string of the molecule is CC[C@@H]1CN(C(=O)OC(C)(C)C)CCN1.Cl. The Balaban J connectivity index is 0.00000225. The fourth-order valence-electron chi connectivity index (χ4n) is 1.59. The molecule has 0 unspecified atom stereocenters. The molecule has 5 heteroatoms. The van der Waals surface area contributed by atoms with Crippen molar-refractivity contribution in [1.82, 2.24) is 10.2 Å². The van der Waals surface area contributed by atoms with Crippen molar-refractivity contribution in [3.8, 4) is 0 Å². The third-order valence-corrected chi connectivity index (χ3v) is 2.40. The number of nitrogens with one attached hydrogen (secondary N) is 1. The Morgan fingerprint density at radius 1 is 1.50 bits per heavy atom. The number of nitrogens with zero attached hydrogens (tertiary/aromatic N) is 1. The summed E-state index contributed by atoms with van der Waals surface area (Å²) in [6, 6.07) is 0.409. The zero-order chi connectivity index (χ0) is 11.5. The van der Waals surface area contributed by atoms with Crippen LogP contribution in [0.15, 0.2) is 0 Å². The molecule has 1 fully saturated rings. The Labute approximate surface area is 104 Å². The second kappa shape index (κ2) is 6.30. The quantitative estimate of drug-likeness (QED) is 0.774. The van der Waals surface area contributed by atoms with Crippen molar-refractivity contribution in [3.05, 3.63) is 0 Å². The van der Waals surface area contributed by atoms with Gasteiger partial charge in [0.1, 0.15) is 5.60 Å². The van der Waals surface area contributed by atoms with E-state index >= 15 is 0 Å². The molecule has 0 aromatic carbocycles. The average Bonchev–Trinajstić information content (AvgIpc) is 2.15. The van der Waals surface area contributed by atoms with Crippen molar-refractivity contribution in [2.75, 3.05) is 19.6 Å². The Kier molecular flexibility index (Phi) is 6.11. The van der Waals surface area contributed by atoms with Gasteiger partial charge in [0.2, 0.25) is 0 Å². The highest BCUT2D eigenvalue weighted by atomic mass is 35.5. The minimum atomic E-state index is -0.399. The van der Waals surface area contributed by atoms with Gasteiger partial charge in [-0.1, -0.05) is 6.92 Å². The summed E-state index contributed by atoms with van der Waals surface area (Å²) in [4.78, 5) is 13.5. The first-order chi connectivity index (χ1) is 6.92. The third-order valence-electron chi connectivity index (χ3n) is 2.40. The molecule has 1 aliphatic heterocycles. The zero-order valence-electron chi connectivity index (χ0n) is 10.6. The van der Waals surface area contributed by atoms with E-state index in [4.69, 9.17) is 4.74 Å². The minimum absolute atomic E-state index is 0. The van der Waals surface area contributed by atoms with Gasteiger partial charge in [-0.15, -0.1) is 12.4 Å². The standard InChI is InChI=1S/C11H22N2O2.ClH/c1-5-9-8-13(7-6-12-9)10(14)15-11(2,3)4;/h9,12H,5-8H2,1-4H3;1H/t9-;/m1./s1. The lowest BCUT2D eigenvalue weighted by molar-refractivity contribution is 0.0194. The lowest BCUT2D eigenvalue weighted by Crippen LogP contribution is -2.53. The Hall–Kier alpha value is -0.480. The van der Waals surface area contributed by atoms with Gasteiger partial charge in [0.05, 0.1) is 0 Å². The van der Waals surface area contributed by atoms with Gasteiger partial charge in [0.25, 0.3) is 0 Å². The fourth-order valence-corrected chi connectivity index (χ4v) is 1.59. The molecule has 4 nitrogen and oxygen atoms in total. The van der Waals surface area contributed by atoms with Crippen LogP contribution in [-0.4, -0.2) is 42.3 Å². The molecule has 0 radical (unpaired) electrons. The van der Waals surface area contributed by atoms with Crippen LogP contribution in [-0.2, 0) is 4.74 Å². The lowest BCUT2D eigenvalue weighted by Gasteiger charge is -2.34. The molecule has 1 aliphatic rings. The van der Waals surface area contributed by atoms with Crippen LogP contribution >= 0.6 is 12.4 Å². The molecule has 1 heterocycles. The molecule has 0 aromatic rings. The number of piperazine rings is 1. The number of hydrogen-bond donors (Lipinski definition) is 1. The summed E-state index contributed by atoms with van der Waals surface area (Å²) < 4.78 is 5.33. The molecular weight excluding hydrogens is 228 g/mol. The van der Waals surface area contributed by atoms with Crippen molar-refractivity contribution in [1.29, 1.82) is 0 Å². The minimum Gasteiger partial charge on any atom is -0.444 e. The molecule has 1 rings (SSSR count). The third kappa shape index (κ3) is 5.03. The summed E-state index contributed by atoms with van der Waals surface area (Å²) in [7, 11) is 0. The maximum Gasteiger partial charge on any atom is 0.410 e. The first-order valence-corrected chi connectivity index (χ1v) is 5.63. The van der Waals surface area contributed by atoms with E-state index in [1.807, 2.05) is 20.8 Å². The average molecular weight is 251 g/mol. The van der Waals surface area contributed by atoms with E-state index < -0.39 is 5.60 Å². The summed E-state index contributed by atoms with van der Waals surface area (Å²) in [5, 5.41) is 3.37. The fraction of sp³-hybridized carbons (Fsp3) is 0.909. The van der Waals surface area contributed by atoms with Gasteiger partial charge < -0.3 is 15.0 Å². The van der Waals surface area contributed by atoms with E-state index in [-0.39, 0.29) is 18.5 Å². The molecule has 1 saturated heterocycles. The van der Waals surface area contributed by atoms with Gasteiger partial charge in [-0.25, -0.2) is 4.79 Å². The lowest BCUT2D eigenvalue weighted by atomic mass is 10.1. The number of ether oxygens (including phenoxy) is 1. The monoisotopic (exact) mass is 250 g/mol. The summed E-state index contributed by atoms with van der Waals surface area (Å²) in [6.07, 6.45) is 0.849. The summed E-state index contributed by atoms with van der Waals surface area (Å²) in [6.45, 7) is 10.2. The predicted molar refractivity (Wildman–Crippen MR) is 67.1 cm³/mol. The summed E-state index contributed by atoms with van der Waals surface area (Å²) in [5.41, 5.74) is -0.399. The van der Waals surface area contributed by atoms with E-state index in [0.29, 0.717) is 6.04 Å². The van der Waals surface area contributed by atoms with Crippen molar-refractivity contribution in [3.63, 3.8) is 0 Å². The van der Waals surface area contributed by atoms with E-state index in [1.54, 1.807) is 4.90 Å². The summed E-state index contributed by atoms with van der Waals surface area (Å²) in [5.74, 6) is 0. The van der Waals surface area contributed by atoms with Crippen LogP contribution in [0.1, 0.15) is 34.1 Å². The number of amides is 1. The molecule has 96 valence electrons. The van der Waals surface area contributed by atoms with Gasteiger partial charge >= 0.3 is 6.09 Å². The van der Waals surface area contributed by atoms with E-state index in [9.17, 15) is 4.79 Å². The van der Waals surface area contributed by atoms with E-state index in [1.165, 1.54) is 0 Å². The maximum atomic E-state index is 11.8. The molecule has 0 bridgehead atoms. The second-order valence-electron chi connectivity index (χ2n) is 4.99. The Morgan fingerprint density at radius 2 is 2.12 bits per heavy atom. The molecule has 1 N–H and O–H groups in total. The van der Waals surface area contributed by atoms with E-state index in [0.717, 1.165) is 26.1 Å². The topological polar surface area (TPSA) is 41.6 Å². The number of carbonyl (C=O) groups is 1. The maximum absolute atomic E-state index is 11.8. The molecule has 16 heavy (non-hydrogen) atoms. The molecule has 0 saturated carbocycles. The van der Waals surface area contributed by atoms with Crippen LogP contribution in [0, 0.1) is 0 Å². The normalized spacial score (nSPS) is 21.2. The van der Waals surface area contributed by atoms with Crippen molar-refractivity contribution >= 4 is 18.5 Å². The number of rotatable bonds is 1. The van der Waals surface area contributed by atoms with Crippen molar-refractivity contribution < 1.29 is 9.53 Å². The van der Waals surface area contributed by atoms with Gasteiger partial charge in [0, 0.05) is 25.7 Å². The molecule has 0 spiro atoms. The predicted octanol–water partition coefficient (Wildman–Crippen LogP) is 2.03. The second-order valence-corrected chi connectivity index (χ2v) is 4.99. The van der Waals surface area contributed by atoms with Gasteiger partial charge in [0.15, 0.2) is 0 Å². The van der Waals surface area contributed by atoms with Gasteiger partial charge in [-0.3, -0.25) is 0 Å². The number of carbonyl (C=O) groups excluding carboxylic acids is 1. The van der Waals surface area contributed by atoms with Crippen LogP contribution < -0.4 is 5.32 Å². The first-order valence-electron chi connectivity index (χ1n) is 5.63. The zero-order valence-corrected chi connectivity index (χ0v) is 11.4. The summed E-state index contributed by atoms with van der Waals surface area (Å²) >= 11 is 0. The molecule has 1 atom stereocenters. The van der Waals surface area contributed by atoms with Crippen LogP contribution in [0.4, 0.5) is 4.79 Å². The highest BCUT2D eigenvalue weighted by molar-refractivity contribution is 5.85. The van der Waals surface area contributed by atoms with Gasteiger partial charge in [-0.05, 0) is 27.2 Å². The Morgan fingerprint density at radius 3 is 2.62 bits per heavy atom. The first kappa shape index (κ1) is 15.5. The molecule has 1 amide bonds. The largest absolute Gasteiger partial charge is 0.444 e. The van der Waals surface area contributed by atoms with Crippen LogP contribution in [0.3, 0.4) is 0 Å². The van der Waals surface area contributed by atoms with Crippen LogP contribution in [0.2, 0.25) is 0 Å². The molecular formula is C11H23ClN2O2. The van der Waals surface area contributed by atoms with Crippen molar-refractivity contribution in [2.24, 2.45) is 0 Å². The smallest absolute Gasteiger partial charge is 0.410 e. The van der Waals surface area contributed by atoms with Crippen LogP contribution in [0.25, 0.3) is 0 Å². The van der Waals surface area contributed by atoms with E-state index in [2.05, 4.69) is 12.2 Å². The molecule has 0 aromatic heterocycles. The molecule has 0 aliphatic carbocycles. The number of halogens is 1. The highest BCUT2D eigenvalue weighted by Gasteiger charge is 2.26. The van der Waals surface area contributed by atoms with Gasteiger partial charge in [-0.2, -0.15) is 0 Å². The highest BCUT2D eigenvalue weighted by Crippen LogP contribution is 2.11. The van der Waals surface area contributed by atoms with Crippen molar-refractivity contribution in [2.45, 2.75) is 45.8 Å². The number of hydrogen-bond acceptors (Lipinski definition) is 3.